The van der Waals surface area contributed by atoms with E-state index in [9.17, 15) is 13.5 Å². The lowest BCUT2D eigenvalue weighted by atomic mass is 9.82. The molecule has 2 atom stereocenters. The molecule has 1 heterocycles. The van der Waals surface area contributed by atoms with Crippen LogP contribution in [0.15, 0.2) is 18.2 Å². The first-order chi connectivity index (χ1) is 8.60. The second-order valence-electron chi connectivity index (χ2n) is 5.27. The lowest BCUT2D eigenvalue weighted by Crippen LogP contribution is -2.50. The smallest absolute Gasteiger partial charge is 0.209 e. The molecule has 0 radical (unpaired) electrons. The summed E-state index contributed by atoms with van der Waals surface area (Å²) in [6, 6.07) is 4.93. The van der Waals surface area contributed by atoms with E-state index in [1.165, 1.54) is 0 Å². The quantitative estimate of drug-likeness (QED) is 0.860. The van der Waals surface area contributed by atoms with Crippen molar-refractivity contribution in [2.24, 2.45) is 5.14 Å². The van der Waals surface area contributed by atoms with Gasteiger partial charge in [0.1, 0.15) is 17.5 Å². The van der Waals surface area contributed by atoms with Crippen molar-refractivity contribution in [2.45, 2.75) is 31.5 Å². The highest BCUT2D eigenvalue weighted by molar-refractivity contribution is 7.89. The van der Waals surface area contributed by atoms with Gasteiger partial charge < -0.3 is 9.84 Å². The Morgan fingerprint density at radius 1 is 1.47 bits per heavy atom. The maximum Gasteiger partial charge on any atom is 0.209 e. The van der Waals surface area contributed by atoms with E-state index in [1.54, 1.807) is 32.0 Å². The second kappa shape index (κ2) is 4.63. The Bertz CT molecular complexity index is 600. The van der Waals surface area contributed by atoms with Gasteiger partial charge in [0, 0.05) is 16.5 Å². The van der Waals surface area contributed by atoms with E-state index < -0.39 is 27.6 Å². The van der Waals surface area contributed by atoms with Crippen LogP contribution in [-0.4, -0.2) is 31.0 Å². The molecule has 1 aromatic rings. The number of primary sulfonamides is 1. The summed E-state index contributed by atoms with van der Waals surface area (Å²) in [6.07, 6.45) is -0.989. The van der Waals surface area contributed by atoms with Gasteiger partial charge in [0.05, 0.1) is 5.75 Å². The van der Waals surface area contributed by atoms with Crippen molar-refractivity contribution < 1.29 is 18.3 Å². The van der Waals surface area contributed by atoms with Gasteiger partial charge in [-0.3, -0.25) is 0 Å². The topological polar surface area (TPSA) is 89.6 Å². The number of aliphatic hydroxyl groups excluding tert-OH is 1. The Hall–Kier alpha value is -0.820. The molecule has 2 rings (SSSR count). The zero-order chi connectivity index (χ0) is 14.4. The molecule has 0 aliphatic carbocycles. The van der Waals surface area contributed by atoms with Gasteiger partial charge in [0.2, 0.25) is 10.0 Å². The number of aliphatic hydroxyl groups is 1. The molecule has 0 amide bonds. The van der Waals surface area contributed by atoms with Crippen molar-refractivity contribution in [2.75, 3.05) is 5.75 Å². The standard InChI is InChI=1S/C12H16ClNO4S/c1-12(2)11(15)9(6-19(14,16)17)8-5-7(13)3-4-10(8)18-12/h3-5,9,11,15H,6H2,1-2H3,(H2,14,16,17). The number of rotatable bonds is 2. The highest BCUT2D eigenvalue weighted by Gasteiger charge is 2.44. The molecule has 0 saturated heterocycles. The first-order valence-corrected chi connectivity index (χ1v) is 7.86. The number of sulfonamides is 1. The Balaban J connectivity index is 2.53. The van der Waals surface area contributed by atoms with Gasteiger partial charge in [0.25, 0.3) is 0 Å². The van der Waals surface area contributed by atoms with Crippen LogP contribution in [0.25, 0.3) is 0 Å². The number of hydrogen-bond acceptors (Lipinski definition) is 4. The van der Waals surface area contributed by atoms with Crippen LogP contribution in [0.4, 0.5) is 0 Å². The first kappa shape index (κ1) is 14.6. The maximum atomic E-state index is 11.3. The molecule has 106 valence electrons. The van der Waals surface area contributed by atoms with Crippen LogP contribution in [0, 0.1) is 0 Å². The maximum absolute atomic E-state index is 11.3. The van der Waals surface area contributed by atoms with Crippen molar-refractivity contribution in [3.8, 4) is 5.75 Å². The summed E-state index contributed by atoms with van der Waals surface area (Å²) < 4.78 is 28.4. The summed E-state index contributed by atoms with van der Waals surface area (Å²) >= 11 is 5.91. The highest BCUT2D eigenvalue weighted by Crippen LogP contribution is 2.42. The number of hydrogen-bond donors (Lipinski definition) is 2. The molecular weight excluding hydrogens is 290 g/mol. The molecule has 1 aromatic carbocycles. The zero-order valence-corrected chi connectivity index (χ0v) is 12.2. The third-order valence-electron chi connectivity index (χ3n) is 3.25. The van der Waals surface area contributed by atoms with E-state index in [2.05, 4.69) is 0 Å². The number of ether oxygens (including phenoxy) is 1. The molecule has 7 heteroatoms. The summed E-state index contributed by atoms with van der Waals surface area (Å²) in [5.74, 6) is -0.491. The van der Waals surface area contributed by atoms with Crippen LogP contribution in [0.5, 0.6) is 5.75 Å². The van der Waals surface area contributed by atoms with Crippen LogP contribution in [0.2, 0.25) is 5.02 Å². The fraction of sp³-hybridized carbons (Fsp3) is 0.500. The third-order valence-corrected chi connectivity index (χ3v) is 4.31. The minimum absolute atomic E-state index is 0.353. The summed E-state index contributed by atoms with van der Waals surface area (Å²) in [4.78, 5) is 0. The number of benzene rings is 1. The summed E-state index contributed by atoms with van der Waals surface area (Å²) in [5.41, 5.74) is -0.329. The van der Waals surface area contributed by atoms with E-state index in [0.29, 0.717) is 16.3 Å². The SMILES string of the molecule is CC1(C)Oc2ccc(Cl)cc2C(CS(N)(=O)=O)C1O. The van der Waals surface area contributed by atoms with Crippen LogP contribution >= 0.6 is 11.6 Å². The fourth-order valence-corrected chi connectivity index (χ4v) is 3.37. The van der Waals surface area contributed by atoms with Crippen LogP contribution < -0.4 is 9.88 Å². The van der Waals surface area contributed by atoms with Gasteiger partial charge in [-0.05, 0) is 32.0 Å². The van der Waals surface area contributed by atoms with Crippen molar-refractivity contribution in [1.29, 1.82) is 0 Å². The predicted molar refractivity (Wildman–Crippen MR) is 72.9 cm³/mol. The molecule has 0 aromatic heterocycles. The van der Waals surface area contributed by atoms with Gasteiger partial charge in [-0.25, -0.2) is 13.6 Å². The van der Waals surface area contributed by atoms with Crippen molar-refractivity contribution in [3.05, 3.63) is 28.8 Å². The minimum atomic E-state index is -3.72. The second-order valence-corrected chi connectivity index (χ2v) is 7.36. The minimum Gasteiger partial charge on any atom is -0.485 e. The molecule has 19 heavy (non-hydrogen) atoms. The summed E-state index contributed by atoms with van der Waals surface area (Å²) in [7, 11) is -3.72. The van der Waals surface area contributed by atoms with Gasteiger partial charge in [-0.2, -0.15) is 0 Å². The molecule has 2 unspecified atom stereocenters. The molecule has 1 aliphatic rings. The number of halogens is 1. The van der Waals surface area contributed by atoms with Crippen LogP contribution in [0.3, 0.4) is 0 Å². The third kappa shape index (κ3) is 3.02. The average molecular weight is 306 g/mol. The Morgan fingerprint density at radius 3 is 2.68 bits per heavy atom. The molecule has 5 nitrogen and oxygen atoms in total. The zero-order valence-electron chi connectivity index (χ0n) is 10.6. The van der Waals surface area contributed by atoms with Crippen molar-refractivity contribution >= 4 is 21.6 Å². The Labute approximate surface area is 117 Å². The summed E-state index contributed by atoms with van der Waals surface area (Å²) in [5, 5.41) is 15.9. The average Bonchev–Trinajstić information content (AvgIpc) is 2.24. The van der Waals surface area contributed by atoms with E-state index in [0.717, 1.165) is 0 Å². The molecule has 0 spiro atoms. The monoisotopic (exact) mass is 305 g/mol. The Kier molecular flexibility index (Phi) is 3.55. The fourth-order valence-electron chi connectivity index (χ4n) is 2.33. The highest BCUT2D eigenvalue weighted by atomic mass is 35.5. The molecule has 3 N–H and O–H groups in total. The lowest BCUT2D eigenvalue weighted by Gasteiger charge is -2.41. The normalized spacial score (nSPS) is 25.5. The van der Waals surface area contributed by atoms with Crippen molar-refractivity contribution in [1.82, 2.24) is 0 Å². The van der Waals surface area contributed by atoms with E-state index in [1.807, 2.05) is 0 Å². The number of nitrogens with two attached hydrogens (primary N) is 1. The largest absolute Gasteiger partial charge is 0.485 e. The predicted octanol–water partition coefficient (Wildman–Crippen LogP) is 1.24. The lowest BCUT2D eigenvalue weighted by molar-refractivity contribution is -0.0543. The number of fused-ring (bicyclic) bond motifs is 1. The van der Waals surface area contributed by atoms with Gasteiger partial charge in [0.15, 0.2) is 0 Å². The van der Waals surface area contributed by atoms with Crippen molar-refractivity contribution in [3.63, 3.8) is 0 Å². The van der Waals surface area contributed by atoms with Crippen LogP contribution in [0.1, 0.15) is 25.3 Å². The molecule has 1 aliphatic heterocycles. The van der Waals surface area contributed by atoms with E-state index in [-0.39, 0.29) is 5.75 Å². The summed E-state index contributed by atoms with van der Waals surface area (Å²) in [6.45, 7) is 3.40. The molecule has 0 fully saturated rings. The molecule has 0 saturated carbocycles. The van der Waals surface area contributed by atoms with Gasteiger partial charge >= 0.3 is 0 Å². The van der Waals surface area contributed by atoms with Gasteiger partial charge in [-0.15, -0.1) is 0 Å². The van der Waals surface area contributed by atoms with Gasteiger partial charge in [-0.1, -0.05) is 11.6 Å². The molecule has 0 bridgehead atoms. The Morgan fingerprint density at radius 2 is 2.11 bits per heavy atom. The van der Waals surface area contributed by atoms with E-state index >= 15 is 0 Å². The molecular formula is C12H16ClNO4S. The van der Waals surface area contributed by atoms with Crippen LogP contribution in [-0.2, 0) is 10.0 Å². The first-order valence-electron chi connectivity index (χ1n) is 5.77. The van der Waals surface area contributed by atoms with E-state index in [4.69, 9.17) is 21.5 Å².